The Balaban J connectivity index is 1.89. The average molecular weight is 299 g/mol. The standard InChI is InChI=1S/C16H17N3OS/c1-10(2)14(19-16(20)11-7-8-21-9-11)15-17-12-5-3-4-6-13(12)18-15/h3-10,14H,1-2H3,(H,17,18)(H,19,20). The van der Waals surface area contributed by atoms with Gasteiger partial charge in [-0.2, -0.15) is 11.3 Å². The Morgan fingerprint density at radius 1 is 1.29 bits per heavy atom. The summed E-state index contributed by atoms with van der Waals surface area (Å²) in [6.45, 7) is 4.15. The van der Waals surface area contributed by atoms with Crippen molar-refractivity contribution >= 4 is 28.3 Å². The maximum atomic E-state index is 12.3. The molecule has 0 aliphatic heterocycles. The molecule has 0 aliphatic rings. The second-order valence-electron chi connectivity index (χ2n) is 5.35. The number of aromatic amines is 1. The number of imidazole rings is 1. The third kappa shape index (κ3) is 2.83. The number of aromatic nitrogens is 2. The van der Waals surface area contributed by atoms with Gasteiger partial charge in [-0.25, -0.2) is 4.98 Å². The zero-order chi connectivity index (χ0) is 14.8. The van der Waals surface area contributed by atoms with Crippen molar-refractivity contribution in [2.24, 2.45) is 5.92 Å². The molecule has 5 heteroatoms. The van der Waals surface area contributed by atoms with Crippen LogP contribution in [0.4, 0.5) is 0 Å². The van der Waals surface area contributed by atoms with E-state index in [9.17, 15) is 4.79 Å². The van der Waals surface area contributed by atoms with Crippen molar-refractivity contribution in [3.63, 3.8) is 0 Å². The van der Waals surface area contributed by atoms with Crippen molar-refractivity contribution in [1.82, 2.24) is 15.3 Å². The van der Waals surface area contributed by atoms with Crippen molar-refractivity contribution in [3.05, 3.63) is 52.5 Å². The number of para-hydroxylation sites is 2. The van der Waals surface area contributed by atoms with Gasteiger partial charge >= 0.3 is 0 Å². The highest BCUT2D eigenvalue weighted by Gasteiger charge is 2.22. The first-order valence-electron chi connectivity index (χ1n) is 6.93. The monoisotopic (exact) mass is 299 g/mol. The molecule has 2 N–H and O–H groups in total. The van der Waals surface area contributed by atoms with Crippen LogP contribution in [0.15, 0.2) is 41.1 Å². The van der Waals surface area contributed by atoms with Gasteiger partial charge in [0, 0.05) is 5.38 Å². The van der Waals surface area contributed by atoms with Crippen LogP contribution in [0.25, 0.3) is 11.0 Å². The second kappa shape index (κ2) is 5.69. The molecule has 2 heterocycles. The van der Waals surface area contributed by atoms with Gasteiger partial charge in [-0.05, 0) is 29.5 Å². The topological polar surface area (TPSA) is 57.8 Å². The third-order valence-electron chi connectivity index (χ3n) is 3.44. The molecule has 1 aromatic carbocycles. The Labute approximate surface area is 127 Å². The molecule has 0 aliphatic carbocycles. The number of amides is 1. The lowest BCUT2D eigenvalue weighted by molar-refractivity contribution is 0.0924. The Hall–Kier alpha value is -2.14. The first-order valence-corrected chi connectivity index (χ1v) is 7.87. The molecule has 0 saturated carbocycles. The lowest BCUT2D eigenvalue weighted by atomic mass is 10.0. The van der Waals surface area contributed by atoms with E-state index in [0.717, 1.165) is 16.9 Å². The van der Waals surface area contributed by atoms with Crippen LogP contribution in [0, 0.1) is 5.92 Å². The van der Waals surface area contributed by atoms with E-state index in [1.165, 1.54) is 11.3 Å². The SMILES string of the molecule is CC(C)C(NC(=O)c1ccsc1)c1nc2ccccc2[nH]1. The van der Waals surface area contributed by atoms with Crippen LogP contribution >= 0.6 is 11.3 Å². The molecule has 21 heavy (non-hydrogen) atoms. The summed E-state index contributed by atoms with van der Waals surface area (Å²) in [5, 5.41) is 6.83. The molecule has 0 spiro atoms. The fourth-order valence-electron chi connectivity index (χ4n) is 2.29. The summed E-state index contributed by atoms with van der Waals surface area (Å²) >= 11 is 1.52. The summed E-state index contributed by atoms with van der Waals surface area (Å²) in [6.07, 6.45) is 0. The molecule has 0 bridgehead atoms. The van der Waals surface area contributed by atoms with E-state index in [1.54, 1.807) is 0 Å². The number of H-pyrrole nitrogens is 1. The highest BCUT2D eigenvalue weighted by molar-refractivity contribution is 7.08. The highest BCUT2D eigenvalue weighted by Crippen LogP contribution is 2.22. The van der Waals surface area contributed by atoms with E-state index >= 15 is 0 Å². The number of nitrogens with one attached hydrogen (secondary N) is 2. The summed E-state index contributed by atoms with van der Waals surface area (Å²) < 4.78 is 0. The predicted molar refractivity (Wildman–Crippen MR) is 85.5 cm³/mol. The zero-order valence-corrected chi connectivity index (χ0v) is 12.8. The largest absolute Gasteiger partial charge is 0.342 e. The molecule has 1 atom stereocenters. The fraction of sp³-hybridized carbons (Fsp3) is 0.250. The fourth-order valence-corrected chi connectivity index (χ4v) is 2.92. The first kappa shape index (κ1) is 13.8. The Kier molecular flexibility index (Phi) is 3.75. The molecular formula is C16H17N3OS. The number of benzene rings is 1. The van der Waals surface area contributed by atoms with Crippen LogP contribution in [-0.2, 0) is 0 Å². The van der Waals surface area contributed by atoms with Crippen molar-refractivity contribution < 1.29 is 4.79 Å². The quantitative estimate of drug-likeness (QED) is 0.771. The van der Waals surface area contributed by atoms with Gasteiger partial charge in [0.2, 0.25) is 0 Å². The van der Waals surface area contributed by atoms with Gasteiger partial charge in [-0.15, -0.1) is 0 Å². The number of fused-ring (bicyclic) bond motifs is 1. The van der Waals surface area contributed by atoms with Gasteiger partial charge in [0.25, 0.3) is 5.91 Å². The smallest absolute Gasteiger partial charge is 0.252 e. The number of hydrogen-bond donors (Lipinski definition) is 2. The number of thiophene rings is 1. The molecule has 108 valence electrons. The summed E-state index contributed by atoms with van der Waals surface area (Å²) in [7, 11) is 0. The zero-order valence-electron chi connectivity index (χ0n) is 12.0. The molecule has 3 rings (SSSR count). The van der Waals surface area contributed by atoms with Crippen molar-refractivity contribution in [1.29, 1.82) is 0 Å². The minimum Gasteiger partial charge on any atom is -0.342 e. The average Bonchev–Trinajstić information content (AvgIpc) is 3.12. The molecule has 4 nitrogen and oxygen atoms in total. The van der Waals surface area contributed by atoms with Crippen molar-refractivity contribution in [2.75, 3.05) is 0 Å². The Morgan fingerprint density at radius 3 is 2.76 bits per heavy atom. The summed E-state index contributed by atoms with van der Waals surface area (Å²) in [6, 6.07) is 9.58. The molecule has 2 aromatic heterocycles. The number of nitrogens with zero attached hydrogens (tertiary/aromatic N) is 1. The van der Waals surface area contributed by atoms with E-state index in [-0.39, 0.29) is 17.9 Å². The van der Waals surface area contributed by atoms with Crippen LogP contribution in [0.3, 0.4) is 0 Å². The molecule has 0 fully saturated rings. The van der Waals surface area contributed by atoms with Crippen molar-refractivity contribution in [3.8, 4) is 0 Å². The van der Waals surface area contributed by atoms with Crippen LogP contribution < -0.4 is 5.32 Å². The van der Waals surface area contributed by atoms with E-state index in [1.807, 2.05) is 41.1 Å². The molecule has 0 saturated heterocycles. The van der Waals surface area contributed by atoms with Gasteiger partial charge in [-0.3, -0.25) is 4.79 Å². The third-order valence-corrected chi connectivity index (χ3v) is 4.12. The molecular weight excluding hydrogens is 282 g/mol. The van der Waals surface area contributed by atoms with Crippen LogP contribution in [-0.4, -0.2) is 15.9 Å². The van der Waals surface area contributed by atoms with Crippen molar-refractivity contribution in [2.45, 2.75) is 19.9 Å². The summed E-state index contributed by atoms with van der Waals surface area (Å²) in [5.41, 5.74) is 2.60. The minimum absolute atomic E-state index is 0.0598. The van der Waals surface area contributed by atoms with Crippen LogP contribution in [0.2, 0.25) is 0 Å². The maximum Gasteiger partial charge on any atom is 0.252 e. The highest BCUT2D eigenvalue weighted by atomic mass is 32.1. The van der Waals surface area contributed by atoms with Crippen LogP contribution in [0.5, 0.6) is 0 Å². The second-order valence-corrected chi connectivity index (χ2v) is 6.13. The summed E-state index contributed by atoms with van der Waals surface area (Å²) in [5.74, 6) is 0.985. The normalized spacial score (nSPS) is 12.7. The van der Waals surface area contributed by atoms with E-state index in [2.05, 4.69) is 29.1 Å². The lowest BCUT2D eigenvalue weighted by Gasteiger charge is -2.20. The Morgan fingerprint density at radius 2 is 2.10 bits per heavy atom. The van der Waals surface area contributed by atoms with E-state index in [0.29, 0.717) is 5.56 Å². The van der Waals surface area contributed by atoms with Gasteiger partial charge < -0.3 is 10.3 Å². The van der Waals surface area contributed by atoms with Gasteiger partial charge in [-0.1, -0.05) is 26.0 Å². The number of carbonyl (C=O) groups excluding carboxylic acids is 1. The van der Waals surface area contributed by atoms with E-state index < -0.39 is 0 Å². The number of rotatable bonds is 4. The summed E-state index contributed by atoms with van der Waals surface area (Å²) in [4.78, 5) is 20.2. The van der Waals surface area contributed by atoms with Crippen LogP contribution in [0.1, 0.15) is 36.1 Å². The van der Waals surface area contributed by atoms with Gasteiger partial charge in [0.05, 0.1) is 22.6 Å². The Bertz CT molecular complexity index is 713. The van der Waals surface area contributed by atoms with Gasteiger partial charge in [0.15, 0.2) is 0 Å². The van der Waals surface area contributed by atoms with E-state index in [4.69, 9.17) is 0 Å². The maximum absolute atomic E-state index is 12.3. The molecule has 1 amide bonds. The number of carbonyl (C=O) groups is 1. The lowest BCUT2D eigenvalue weighted by Crippen LogP contribution is -2.32. The van der Waals surface area contributed by atoms with Gasteiger partial charge in [0.1, 0.15) is 5.82 Å². The minimum atomic E-state index is -0.134. The molecule has 1 unspecified atom stereocenters. The molecule has 0 radical (unpaired) electrons. The predicted octanol–water partition coefficient (Wildman–Crippen LogP) is 3.75. The number of hydrogen-bond acceptors (Lipinski definition) is 3. The first-order chi connectivity index (χ1) is 10.1. The molecule has 3 aromatic rings.